The molecule has 0 saturated heterocycles. The first-order valence-electron chi connectivity index (χ1n) is 5.47. The molecule has 0 unspecified atom stereocenters. The third kappa shape index (κ3) is 1.93. The highest BCUT2D eigenvalue weighted by Gasteiger charge is 2.07. The second-order valence-electron chi connectivity index (χ2n) is 3.81. The van der Waals surface area contributed by atoms with E-state index in [0.717, 1.165) is 5.52 Å². The maximum atomic E-state index is 12.0. The number of hydrogen-bond acceptors (Lipinski definition) is 3. The van der Waals surface area contributed by atoms with Crippen molar-refractivity contribution in [2.24, 2.45) is 0 Å². The van der Waals surface area contributed by atoms with Gasteiger partial charge in [-0.2, -0.15) is 0 Å². The van der Waals surface area contributed by atoms with Gasteiger partial charge in [0.15, 0.2) is 0 Å². The summed E-state index contributed by atoms with van der Waals surface area (Å²) in [5.74, 6) is 0.345. The molecule has 18 heavy (non-hydrogen) atoms. The molecule has 5 heteroatoms. The molecule has 88 valence electrons. The summed E-state index contributed by atoms with van der Waals surface area (Å²) in [6, 6.07) is 8.97. The quantitative estimate of drug-likeness (QED) is 0.742. The van der Waals surface area contributed by atoms with E-state index in [2.05, 4.69) is 15.3 Å². The zero-order valence-electron chi connectivity index (χ0n) is 9.45. The van der Waals surface area contributed by atoms with E-state index < -0.39 is 0 Å². The molecular formula is C13H10N4O. The van der Waals surface area contributed by atoms with Gasteiger partial charge in [-0.15, -0.1) is 0 Å². The maximum absolute atomic E-state index is 12.0. The van der Waals surface area contributed by atoms with Crippen LogP contribution in [0, 0.1) is 0 Å². The summed E-state index contributed by atoms with van der Waals surface area (Å²) < 4.78 is 1.80. The summed E-state index contributed by atoms with van der Waals surface area (Å²) in [4.78, 5) is 20.0. The van der Waals surface area contributed by atoms with Gasteiger partial charge in [-0.05, 0) is 24.3 Å². The standard InChI is InChI=1S/C13H10N4O/c18-13(16-12-3-1-2-6-15-12)10-4-5-11-7-14-9-17(11)8-10/h1-9H,(H,15,16,18). The number of imidazole rings is 1. The van der Waals surface area contributed by atoms with E-state index in [1.54, 1.807) is 47.5 Å². The van der Waals surface area contributed by atoms with Crippen molar-refractivity contribution < 1.29 is 4.79 Å². The Kier molecular flexibility index (Phi) is 2.49. The van der Waals surface area contributed by atoms with Crippen LogP contribution in [0.2, 0.25) is 0 Å². The number of nitrogens with one attached hydrogen (secondary N) is 1. The van der Waals surface area contributed by atoms with Gasteiger partial charge in [0, 0.05) is 12.4 Å². The van der Waals surface area contributed by atoms with E-state index in [0.29, 0.717) is 11.4 Å². The molecule has 0 aromatic carbocycles. The summed E-state index contributed by atoms with van der Waals surface area (Å²) in [5.41, 5.74) is 1.51. The van der Waals surface area contributed by atoms with E-state index in [1.807, 2.05) is 12.1 Å². The lowest BCUT2D eigenvalue weighted by Crippen LogP contribution is -2.13. The lowest BCUT2D eigenvalue weighted by molar-refractivity contribution is 0.102. The number of carbonyl (C=O) groups excluding carboxylic acids is 1. The summed E-state index contributed by atoms with van der Waals surface area (Å²) in [6.07, 6.45) is 6.77. The van der Waals surface area contributed by atoms with Crippen LogP contribution in [0.15, 0.2) is 55.2 Å². The number of aromatic nitrogens is 3. The van der Waals surface area contributed by atoms with Crippen LogP contribution in [0.25, 0.3) is 5.52 Å². The lowest BCUT2D eigenvalue weighted by Gasteiger charge is -2.04. The number of nitrogens with zero attached hydrogens (tertiary/aromatic N) is 3. The summed E-state index contributed by atoms with van der Waals surface area (Å²) in [7, 11) is 0. The second kappa shape index (κ2) is 4.29. The third-order valence-electron chi connectivity index (χ3n) is 2.58. The number of anilines is 1. The van der Waals surface area contributed by atoms with Gasteiger partial charge in [0.05, 0.1) is 23.6 Å². The fraction of sp³-hybridized carbons (Fsp3) is 0. The van der Waals surface area contributed by atoms with Gasteiger partial charge in [-0.1, -0.05) is 6.07 Å². The van der Waals surface area contributed by atoms with Crippen LogP contribution in [0.5, 0.6) is 0 Å². The van der Waals surface area contributed by atoms with Gasteiger partial charge in [0.2, 0.25) is 0 Å². The highest BCUT2D eigenvalue weighted by Crippen LogP contribution is 2.08. The average Bonchev–Trinajstić information content (AvgIpc) is 2.87. The molecule has 0 aliphatic heterocycles. The highest BCUT2D eigenvalue weighted by atomic mass is 16.1. The molecule has 0 aliphatic rings. The highest BCUT2D eigenvalue weighted by molar-refractivity contribution is 6.03. The fourth-order valence-corrected chi connectivity index (χ4v) is 1.68. The SMILES string of the molecule is O=C(Nc1ccccn1)c1ccc2cncn2c1. The normalized spacial score (nSPS) is 10.4. The van der Waals surface area contributed by atoms with Gasteiger partial charge in [0.1, 0.15) is 5.82 Å². The molecule has 3 heterocycles. The molecule has 3 aromatic rings. The van der Waals surface area contributed by atoms with Crippen molar-refractivity contribution in [3.63, 3.8) is 0 Å². The van der Waals surface area contributed by atoms with Crippen molar-refractivity contribution in [1.82, 2.24) is 14.4 Å². The Bertz CT molecular complexity index is 690. The van der Waals surface area contributed by atoms with Crippen LogP contribution in [0.1, 0.15) is 10.4 Å². The minimum Gasteiger partial charge on any atom is -0.307 e. The second-order valence-corrected chi connectivity index (χ2v) is 3.81. The van der Waals surface area contributed by atoms with Crippen LogP contribution in [-0.4, -0.2) is 20.3 Å². The number of rotatable bonds is 2. The number of carbonyl (C=O) groups is 1. The van der Waals surface area contributed by atoms with Crippen molar-refractivity contribution >= 4 is 17.2 Å². The Hall–Kier alpha value is -2.69. The van der Waals surface area contributed by atoms with E-state index in [9.17, 15) is 4.79 Å². The van der Waals surface area contributed by atoms with E-state index in [-0.39, 0.29) is 5.91 Å². The monoisotopic (exact) mass is 238 g/mol. The van der Waals surface area contributed by atoms with Gasteiger partial charge >= 0.3 is 0 Å². The first kappa shape index (κ1) is 10.5. The zero-order valence-corrected chi connectivity index (χ0v) is 9.45. The molecule has 1 N–H and O–H groups in total. The third-order valence-corrected chi connectivity index (χ3v) is 2.58. The molecule has 1 amide bonds. The largest absolute Gasteiger partial charge is 0.307 e. The molecule has 0 bridgehead atoms. The Morgan fingerprint density at radius 3 is 3.00 bits per heavy atom. The number of pyridine rings is 2. The van der Waals surface area contributed by atoms with Gasteiger partial charge < -0.3 is 9.72 Å². The van der Waals surface area contributed by atoms with Crippen molar-refractivity contribution in [3.8, 4) is 0 Å². The van der Waals surface area contributed by atoms with Crippen LogP contribution in [-0.2, 0) is 0 Å². The van der Waals surface area contributed by atoms with E-state index in [4.69, 9.17) is 0 Å². The zero-order chi connectivity index (χ0) is 12.4. The maximum Gasteiger partial charge on any atom is 0.258 e. The Morgan fingerprint density at radius 1 is 1.22 bits per heavy atom. The molecule has 0 radical (unpaired) electrons. The average molecular weight is 238 g/mol. The minimum absolute atomic E-state index is 0.190. The van der Waals surface area contributed by atoms with E-state index in [1.165, 1.54) is 0 Å². The molecule has 0 fully saturated rings. The molecule has 5 nitrogen and oxygen atoms in total. The Morgan fingerprint density at radius 2 is 2.17 bits per heavy atom. The molecule has 0 aliphatic carbocycles. The van der Waals surface area contributed by atoms with Crippen LogP contribution in [0.3, 0.4) is 0 Å². The predicted molar refractivity (Wildman–Crippen MR) is 67.4 cm³/mol. The van der Waals surface area contributed by atoms with E-state index >= 15 is 0 Å². The van der Waals surface area contributed by atoms with Crippen LogP contribution >= 0.6 is 0 Å². The molecule has 0 saturated carbocycles. The topological polar surface area (TPSA) is 59.3 Å². The predicted octanol–water partition coefficient (Wildman–Crippen LogP) is 1.98. The molecule has 3 aromatic heterocycles. The van der Waals surface area contributed by atoms with Gasteiger partial charge in [-0.25, -0.2) is 9.97 Å². The number of fused-ring (bicyclic) bond motifs is 1. The van der Waals surface area contributed by atoms with Crippen molar-refractivity contribution in [3.05, 3.63) is 60.8 Å². The molecule has 0 spiro atoms. The van der Waals surface area contributed by atoms with Crippen molar-refractivity contribution in [1.29, 1.82) is 0 Å². The smallest absolute Gasteiger partial charge is 0.258 e. The summed E-state index contributed by atoms with van der Waals surface area (Å²) in [6.45, 7) is 0. The fourth-order valence-electron chi connectivity index (χ4n) is 1.68. The van der Waals surface area contributed by atoms with Crippen LogP contribution < -0.4 is 5.32 Å². The first-order chi connectivity index (χ1) is 8.83. The first-order valence-corrected chi connectivity index (χ1v) is 5.47. The molecule has 3 rings (SSSR count). The lowest BCUT2D eigenvalue weighted by atomic mass is 10.2. The number of hydrogen-bond donors (Lipinski definition) is 1. The minimum atomic E-state index is -0.190. The number of amides is 1. The Labute approximate surface area is 103 Å². The Balaban J connectivity index is 1.87. The van der Waals surface area contributed by atoms with Crippen molar-refractivity contribution in [2.45, 2.75) is 0 Å². The van der Waals surface area contributed by atoms with Gasteiger partial charge in [-0.3, -0.25) is 4.79 Å². The summed E-state index contributed by atoms with van der Waals surface area (Å²) in [5, 5.41) is 2.73. The van der Waals surface area contributed by atoms with Gasteiger partial charge in [0.25, 0.3) is 5.91 Å². The van der Waals surface area contributed by atoms with Crippen molar-refractivity contribution in [2.75, 3.05) is 5.32 Å². The molecule has 0 atom stereocenters. The van der Waals surface area contributed by atoms with Crippen LogP contribution in [0.4, 0.5) is 5.82 Å². The molecular weight excluding hydrogens is 228 g/mol. The summed E-state index contributed by atoms with van der Waals surface area (Å²) >= 11 is 0.